The number of piperidine rings is 1. The van der Waals surface area contributed by atoms with Crippen molar-refractivity contribution in [1.29, 1.82) is 0 Å². The van der Waals surface area contributed by atoms with E-state index >= 15 is 0 Å². The van der Waals surface area contributed by atoms with E-state index in [-0.39, 0.29) is 17.9 Å². The first kappa shape index (κ1) is 17.0. The number of rotatable bonds is 5. The van der Waals surface area contributed by atoms with Gasteiger partial charge in [-0.3, -0.25) is 9.69 Å². The molecule has 0 unspecified atom stereocenters. The minimum absolute atomic E-state index is 0.0866. The van der Waals surface area contributed by atoms with Gasteiger partial charge >= 0.3 is 0 Å². The molecule has 0 aliphatic carbocycles. The van der Waals surface area contributed by atoms with Gasteiger partial charge < -0.3 is 9.64 Å². The summed E-state index contributed by atoms with van der Waals surface area (Å²) in [6.45, 7) is 3.69. The molecule has 0 spiro atoms. The van der Waals surface area contributed by atoms with Gasteiger partial charge in [-0.1, -0.05) is 35.3 Å². The number of carbonyl (C=O) groups excluding carboxylic acids is 1. The molecule has 4 nitrogen and oxygen atoms in total. The van der Waals surface area contributed by atoms with Crippen molar-refractivity contribution in [3.05, 3.63) is 33.8 Å². The molecule has 126 valence electrons. The van der Waals surface area contributed by atoms with Crippen LogP contribution in [0.15, 0.2) is 18.2 Å². The number of ether oxygens (including phenoxy) is 1. The summed E-state index contributed by atoms with van der Waals surface area (Å²) < 4.78 is 5.15. The zero-order chi connectivity index (χ0) is 16.4. The van der Waals surface area contributed by atoms with Gasteiger partial charge in [-0.2, -0.15) is 0 Å². The second-order valence-electron chi connectivity index (χ2n) is 6.36. The number of fused-ring (bicyclic) bond motifs is 4. The van der Waals surface area contributed by atoms with Gasteiger partial charge in [0, 0.05) is 39.3 Å². The van der Waals surface area contributed by atoms with Gasteiger partial charge in [0.1, 0.15) is 0 Å². The molecule has 23 heavy (non-hydrogen) atoms. The number of hydrogen-bond acceptors (Lipinski definition) is 3. The van der Waals surface area contributed by atoms with E-state index in [4.69, 9.17) is 27.9 Å². The molecule has 3 saturated heterocycles. The molecule has 0 N–H and O–H groups in total. The van der Waals surface area contributed by atoms with E-state index < -0.39 is 0 Å². The highest BCUT2D eigenvalue weighted by Crippen LogP contribution is 2.32. The zero-order valence-corrected chi connectivity index (χ0v) is 14.8. The predicted octanol–water partition coefficient (Wildman–Crippen LogP) is 3.06. The van der Waals surface area contributed by atoms with Crippen LogP contribution in [0.5, 0.6) is 0 Å². The Labute approximate surface area is 147 Å². The van der Waals surface area contributed by atoms with E-state index in [1.165, 1.54) is 0 Å². The van der Waals surface area contributed by atoms with Crippen LogP contribution in [0.1, 0.15) is 18.4 Å². The first-order valence-electron chi connectivity index (χ1n) is 8.04. The van der Waals surface area contributed by atoms with Crippen LogP contribution in [0.3, 0.4) is 0 Å². The monoisotopic (exact) mass is 356 g/mol. The van der Waals surface area contributed by atoms with Crippen LogP contribution in [0.25, 0.3) is 0 Å². The number of halogens is 2. The van der Waals surface area contributed by atoms with E-state index in [0.717, 1.165) is 38.0 Å². The molecule has 1 aromatic carbocycles. The number of carbonyl (C=O) groups is 1. The second-order valence-corrected chi connectivity index (χ2v) is 7.14. The Morgan fingerprint density at radius 2 is 2.09 bits per heavy atom. The van der Waals surface area contributed by atoms with Crippen molar-refractivity contribution < 1.29 is 9.53 Å². The van der Waals surface area contributed by atoms with Gasteiger partial charge in [0.25, 0.3) is 0 Å². The fourth-order valence-electron chi connectivity index (χ4n) is 3.65. The van der Waals surface area contributed by atoms with Crippen LogP contribution in [0.2, 0.25) is 10.0 Å². The van der Waals surface area contributed by atoms with Crippen LogP contribution in [-0.4, -0.2) is 55.1 Å². The maximum atomic E-state index is 12.6. The second kappa shape index (κ2) is 7.39. The molecule has 2 atom stereocenters. The van der Waals surface area contributed by atoms with Crippen LogP contribution in [-0.2, 0) is 16.1 Å². The summed E-state index contributed by atoms with van der Waals surface area (Å²) >= 11 is 12.4. The lowest BCUT2D eigenvalue weighted by Gasteiger charge is -2.35. The zero-order valence-electron chi connectivity index (χ0n) is 13.3. The largest absolute Gasteiger partial charge is 0.383 e. The van der Waals surface area contributed by atoms with Crippen molar-refractivity contribution >= 4 is 29.1 Å². The molecular formula is C17H22Cl2N2O2. The molecular weight excluding hydrogens is 335 g/mol. The summed E-state index contributed by atoms with van der Waals surface area (Å²) in [7, 11) is 1.67. The van der Waals surface area contributed by atoms with E-state index in [0.29, 0.717) is 23.2 Å². The molecule has 4 rings (SSSR count). The molecule has 6 heteroatoms. The summed E-state index contributed by atoms with van der Waals surface area (Å²) in [5.74, 6) is 0.363. The Morgan fingerprint density at radius 1 is 1.26 bits per heavy atom. The smallest absolute Gasteiger partial charge is 0.227 e. The van der Waals surface area contributed by atoms with Crippen molar-refractivity contribution in [3.63, 3.8) is 0 Å². The molecule has 3 aliphatic rings. The number of methoxy groups -OCH3 is 1. The Bertz CT molecular complexity index is 582. The number of hydrogen-bond donors (Lipinski definition) is 0. The van der Waals surface area contributed by atoms with Crippen LogP contribution < -0.4 is 0 Å². The molecule has 1 aromatic rings. The predicted molar refractivity (Wildman–Crippen MR) is 91.8 cm³/mol. The molecule has 0 aromatic heterocycles. The average Bonchev–Trinajstić information content (AvgIpc) is 2.80. The lowest BCUT2D eigenvalue weighted by molar-refractivity contribution is -0.140. The number of nitrogens with zero attached hydrogens (tertiary/aromatic N) is 2. The highest BCUT2D eigenvalue weighted by atomic mass is 35.5. The van der Waals surface area contributed by atoms with E-state index in [2.05, 4.69) is 4.90 Å². The summed E-state index contributed by atoms with van der Waals surface area (Å²) in [4.78, 5) is 17.0. The Balaban J connectivity index is 1.74. The molecule has 0 saturated carbocycles. The number of benzene rings is 1. The topological polar surface area (TPSA) is 32.8 Å². The van der Waals surface area contributed by atoms with Gasteiger partial charge in [0.05, 0.1) is 22.6 Å². The van der Waals surface area contributed by atoms with E-state index in [1.54, 1.807) is 13.2 Å². The number of amides is 1. The highest BCUT2D eigenvalue weighted by molar-refractivity contribution is 6.42. The van der Waals surface area contributed by atoms with Crippen molar-refractivity contribution in [2.75, 3.05) is 33.4 Å². The minimum Gasteiger partial charge on any atom is -0.383 e. The fraction of sp³-hybridized carbons (Fsp3) is 0.588. The van der Waals surface area contributed by atoms with Crippen LogP contribution in [0.4, 0.5) is 0 Å². The van der Waals surface area contributed by atoms with Crippen LogP contribution >= 0.6 is 23.2 Å². The molecule has 3 aliphatic heterocycles. The van der Waals surface area contributed by atoms with Crippen molar-refractivity contribution in [1.82, 2.24) is 9.80 Å². The first-order valence-corrected chi connectivity index (χ1v) is 8.80. The van der Waals surface area contributed by atoms with Crippen LogP contribution in [0, 0.1) is 5.92 Å². The van der Waals surface area contributed by atoms with Crippen molar-refractivity contribution in [2.24, 2.45) is 5.92 Å². The third kappa shape index (κ3) is 3.66. The Hall–Kier alpha value is -0.810. The quantitative estimate of drug-likeness (QED) is 0.812. The van der Waals surface area contributed by atoms with Crippen molar-refractivity contribution in [2.45, 2.75) is 25.4 Å². The first-order chi connectivity index (χ1) is 11.1. The molecule has 0 radical (unpaired) electrons. The SMILES string of the molecule is COCCN1C(=O)[C@@H]2CC[C@H]1CN(Cc1cccc(Cl)c1Cl)C2. The van der Waals surface area contributed by atoms with Gasteiger partial charge in [0.15, 0.2) is 0 Å². The van der Waals surface area contributed by atoms with Gasteiger partial charge in [-0.15, -0.1) is 0 Å². The molecule has 3 heterocycles. The molecule has 1 amide bonds. The molecule has 3 fully saturated rings. The lowest BCUT2D eigenvalue weighted by Crippen LogP contribution is -2.49. The maximum Gasteiger partial charge on any atom is 0.227 e. The van der Waals surface area contributed by atoms with Crippen molar-refractivity contribution in [3.8, 4) is 0 Å². The summed E-state index contributed by atoms with van der Waals surface area (Å²) in [5.41, 5.74) is 1.02. The lowest BCUT2D eigenvalue weighted by atomic mass is 9.94. The summed E-state index contributed by atoms with van der Waals surface area (Å²) in [6.07, 6.45) is 2.05. The minimum atomic E-state index is 0.0866. The normalized spacial score (nSPS) is 25.0. The van der Waals surface area contributed by atoms with E-state index in [1.807, 2.05) is 17.0 Å². The standard InChI is InChI=1S/C17H22Cl2N2O2/c1-23-8-7-21-14-6-5-13(17(21)22)10-20(11-14)9-12-3-2-4-15(18)16(12)19/h2-4,13-14H,5-11H2,1H3/t13-,14+/m1/s1. The summed E-state index contributed by atoms with van der Waals surface area (Å²) in [6, 6.07) is 6.00. The Kier molecular flexibility index (Phi) is 5.47. The fourth-order valence-corrected chi connectivity index (χ4v) is 4.03. The third-order valence-electron chi connectivity index (χ3n) is 4.83. The highest BCUT2D eigenvalue weighted by Gasteiger charge is 2.40. The Morgan fingerprint density at radius 3 is 2.87 bits per heavy atom. The molecule has 2 bridgehead atoms. The maximum absolute atomic E-state index is 12.6. The van der Waals surface area contributed by atoms with Gasteiger partial charge in [-0.25, -0.2) is 0 Å². The van der Waals surface area contributed by atoms with Gasteiger partial charge in [0.2, 0.25) is 5.91 Å². The van der Waals surface area contributed by atoms with Gasteiger partial charge in [-0.05, 0) is 24.5 Å². The summed E-state index contributed by atoms with van der Waals surface area (Å²) in [5, 5.41) is 1.20. The average molecular weight is 357 g/mol. The third-order valence-corrected chi connectivity index (χ3v) is 5.69. The van der Waals surface area contributed by atoms with E-state index in [9.17, 15) is 4.79 Å².